The molecule has 16 rings (SSSR count). The highest BCUT2D eigenvalue weighted by Crippen LogP contribution is 2.54. The molecule has 0 radical (unpaired) electrons. The normalized spacial score (nSPS) is 14.3. The van der Waals surface area contributed by atoms with Gasteiger partial charge in [-0.1, -0.05) is 180 Å². The topological polar surface area (TPSA) is 16.3 Å². The van der Waals surface area contributed by atoms with E-state index in [1.165, 1.54) is 93.8 Å². The van der Waals surface area contributed by atoms with Gasteiger partial charge in [0.1, 0.15) is 0 Å². The molecule has 0 aliphatic heterocycles. The molecule has 11 aromatic carbocycles. The van der Waals surface area contributed by atoms with Crippen LogP contribution in [0.4, 0.5) is 28.4 Å². The van der Waals surface area contributed by atoms with E-state index < -0.39 is 0 Å². The highest BCUT2D eigenvalue weighted by molar-refractivity contribution is 6.14. The molecule has 4 nitrogen and oxygen atoms in total. The van der Waals surface area contributed by atoms with Gasteiger partial charge in [-0.2, -0.15) is 0 Å². The lowest BCUT2D eigenvalue weighted by atomic mass is 9.82. The quantitative estimate of drug-likeness (QED) is 0.128. The summed E-state index contributed by atoms with van der Waals surface area (Å²) in [5.41, 5.74) is 28.9. The number of allylic oxidation sites excluding steroid dienone is 4. The Labute approximate surface area is 503 Å². The summed E-state index contributed by atoms with van der Waals surface area (Å²) in [6, 6.07) is 88.4. The van der Waals surface area contributed by atoms with E-state index >= 15 is 0 Å². The van der Waals surface area contributed by atoms with Crippen molar-refractivity contribution in [3.8, 4) is 44.8 Å². The van der Waals surface area contributed by atoms with Crippen molar-refractivity contribution in [3.63, 3.8) is 0 Å². The van der Waals surface area contributed by atoms with Crippen LogP contribution in [0.15, 0.2) is 274 Å². The maximum atomic E-state index is 4.05. The Morgan fingerprint density at radius 2 is 0.791 bits per heavy atom. The third kappa shape index (κ3) is 7.89. The Kier molecular flexibility index (Phi) is 11.7. The second kappa shape index (κ2) is 19.6. The number of fused-ring (bicyclic) bond motifs is 12. The van der Waals surface area contributed by atoms with Gasteiger partial charge in [0.15, 0.2) is 0 Å². The number of hydrogen-bond acceptors (Lipinski definition) is 2. The summed E-state index contributed by atoms with van der Waals surface area (Å²) in [6.45, 7) is 17.6. The molecule has 3 aliphatic carbocycles. The van der Waals surface area contributed by atoms with Gasteiger partial charge in [0.2, 0.25) is 0 Å². The van der Waals surface area contributed by atoms with Crippen LogP contribution in [0.1, 0.15) is 73.9 Å². The van der Waals surface area contributed by atoms with Crippen LogP contribution in [0.5, 0.6) is 0 Å². The standard InChI is InChI=1S/C82H64N4/c1-7-53-27-35-61(36-28-53)85-77-45-43-63(47-69(77)71-49-75-67(51-79(71)85)65-23-15-17-25-73(65)81(75,3)4)83(57-19-11-9-12-20-57)59-39-31-55(32-40-59)56-33-41-60(42-34-56)84(58-21-13-10-14-22-58)64-44-46-78-70(48-64)72-50-76-68(66-24-16-18-26-74(66)82(76,5)6)52-80(72)86(78)62-37-29-54(8-2)30-38-62/h7-13,15-21,23-52H,1-2,14,22H2,3-6H3. The third-order valence-electron chi connectivity index (χ3n) is 19.1. The number of hydrogen-bond donors (Lipinski definition) is 0. The fraction of sp³-hybridized carbons (Fsp3) is 0.0976. The number of aromatic nitrogens is 2. The van der Waals surface area contributed by atoms with Crippen LogP contribution in [0.3, 0.4) is 0 Å². The van der Waals surface area contributed by atoms with Crippen molar-refractivity contribution in [2.24, 2.45) is 0 Å². The highest BCUT2D eigenvalue weighted by Gasteiger charge is 2.38. The van der Waals surface area contributed by atoms with E-state index in [0.717, 1.165) is 74.9 Å². The molecule has 0 N–H and O–H groups in total. The Bertz CT molecular complexity index is 4990. The summed E-state index contributed by atoms with van der Waals surface area (Å²) < 4.78 is 4.90. The minimum Gasteiger partial charge on any atom is -0.314 e. The van der Waals surface area contributed by atoms with Crippen LogP contribution < -0.4 is 9.80 Å². The van der Waals surface area contributed by atoms with E-state index in [1.807, 2.05) is 12.2 Å². The van der Waals surface area contributed by atoms with Crippen LogP contribution in [0.2, 0.25) is 0 Å². The van der Waals surface area contributed by atoms with Crippen LogP contribution in [-0.2, 0) is 10.8 Å². The third-order valence-corrected chi connectivity index (χ3v) is 19.1. The minimum atomic E-state index is -0.133. The Morgan fingerprint density at radius 1 is 0.372 bits per heavy atom. The van der Waals surface area contributed by atoms with E-state index in [9.17, 15) is 0 Å². The van der Waals surface area contributed by atoms with Crippen molar-refractivity contribution in [1.82, 2.24) is 9.13 Å². The zero-order valence-electron chi connectivity index (χ0n) is 49.0. The molecule has 2 aromatic heterocycles. The summed E-state index contributed by atoms with van der Waals surface area (Å²) in [5, 5.41) is 4.95. The lowest BCUT2D eigenvalue weighted by Gasteiger charge is -2.29. The number of nitrogens with zero attached hydrogens (tertiary/aromatic N) is 4. The first kappa shape index (κ1) is 51.2. The molecule has 0 saturated carbocycles. The first-order valence-electron chi connectivity index (χ1n) is 30.2. The molecule has 0 spiro atoms. The average molecular weight is 1110 g/mol. The molecule has 412 valence electrons. The van der Waals surface area contributed by atoms with Crippen molar-refractivity contribution >= 4 is 84.2 Å². The molecule has 0 atom stereocenters. The van der Waals surface area contributed by atoms with Gasteiger partial charge in [0.05, 0.1) is 22.1 Å². The zero-order valence-corrected chi connectivity index (χ0v) is 49.0. The molecule has 0 amide bonds. The molecule has 0 saturated heterocycles. The number of para-hydroxylation sites is 1. The number of benzene rings is 11. The first-order valence-corrected chi connectivity index (χ1v) is 30.2. The van der Waals surface area contributed by atoms with Crippen LogP contribution >= 0.6 is 0 Å². The Balaban J connectivity index is 0.775. The summed E-state index contributed by atoms with van der Waals surface area (Å²) in [5.74, 6) is 0. The van der Waals surface area contributed by atoms with E-state index in [4.69, 9.17) is 0 Å². The second-order valence-corrected chi connectivity index (χ2v) is 24.6. The predicted octanol–water partition coefficient (Wildman–Crippen LogP) is 22.3. The molecule has 4 heteroatoms. The fourth-order valence-corrected chi connectivity index (χ4v) is 14.6. The van der Waals surface area contributed by atoms with Gasteiger partial charge in [0.25, 0.3) is 0 Å². The smallest absolute Gasteiger partial charge is 0.0547 e. The van der Waals surface area contributed by atoms with Crippen LogP contribution in [0.25, 0.3) is 101 Å². The van der Waals surface area contributed by atoms with Gasteiger partial charge in [-0.3, -0.25) is 0 Å². The summed E-state index contributed by atoms with van der Waals surface area (Å²) >= 11 is 0. The SMILES string of the molecule is C=Cc1ccc(-n2c3ccc(N(C4=CC=CCC4)c4ccc(-c5ccc(N(c6ccccc6)c6ccc7c(c6)c6cc8c(cc6n7-c6ccc(C=C)cc6)-c6ccccc6C8(C)C)cc5)cc4)cc3c3cc4c(cc32)-c2ccccc2C4(C)C)cc1. The van der Waals surface area contributed by atoms with Crippen LogP contribution in [0, 0.1) is 0 Å². The first-order chi connectivity index (χ1) is 42.0. The molecule has 0 fully saturated rings. The van der Waals surface area contributed by atoms with Gasteiger partial charge in [-0.05, 0) is 207 Å². The number of rotatable bonds is 11. The van der Waals surface area contributed by atoms with Crippen molar-refractivity contribution in [2.45, 2.75) is 51.4 Å². The molecule has 0 unspecified atom stereocenters. The summed E-state index contributed by atoms with van der Waals surface area (Å²) in [6.07, 6.45) is 12.5. The molecule has 0 bridgehead atoms. The van der Waals surface area contributed by atoms with Gasteiger partial charge in [-0.25, -0.2) is 0 Å². The van der Waals surface area contributed by atoms with E-state index in [0.29, 0.717) is 0 Å². The molecule has 13 aromatic rings. The maximum Gasteiger partial charge on any atom is 0.0547 e. The van der Waals surface area contributed by atoms with Crippen molar-refractivity contribution < 1.29 is 0 Å². The van der Waals surface area contributed by atoms with Gasteiger partial charge in [-0.15, -0.1) is 0 Å². The second-order valence-electron chi connectivity index (χ2n) is 24.6. The highest BCUT2D eigenvalue weighted by atomic mass is 15.2. The fourth-order valence-electron chi connectivity index (χ4n) is 14.6. The Morgan fingerprint density at radius 3 is 1.26 bits per heavy atom. The van der Waals surface area contributed by atoms with E-state index in [1.54, 1.807) is 0 Å². The molecule has 2 heterocycles. The molecular formula is C82H64N4. The Hall–Kier alpha value is -10.4. The lowest BCUT2D eigenvalue weighted by molar-refractivity contribution is 0.661. The lowest BCUT2D eigenvalue weighted by Crippen LogP contribution is -2.17. The molecule has 3 aliphatic rings. The summed E-state index contributed by atoms with van der Waals surface area (Å²) in [4.78, 5) is 4.87. The number of anilines is 5. The predicted molar refractivity (Wildman–Crippen MR) is 366 cm³/mol. The molecular weight excluding hydrogens is 1040 g/mol. The monoisotopic (exact) mass is 1100 g/mol. The molecule has 86 heavy (non-hydrogen) atoms. The van der Waals surface area contributed by atoms with Gasteiger partial charge >= 0.3 is 0 Å². The largest absolute Gasteiger partial charge is 0.314 e. The van der Waals surface area contributed by atoms with Crippen molar-refractivity contribution in [2.75, 3.05) is 9.80 Å². The van der Waals surface area contributed by atoms with Gasteiger partial charge < -0.3 is 18.9 Å². The van der Waals surface area contributed by atoms with Crippen molar-refractivity contribution in [3.05, 3.63) is 307 Å². The van der Waals surface area contributed by atoms with E-state index in [2.05, 4.69) is 315 Å². The zero-order chi connectivity index (χ0) is 58.0. The minimum absolute atomic E-state index is 0.127. The maximum absolute atomic E-state index is 4.05. The summed E-state index contributed by atoms with van der Waals surface area (Å²) in [7, 11) is 0. The van der Waals surface area contributed by atoms with Crippen LogP contribution in [-0.4, -0.2) is 9.13 Å². The van der Waals surface area contributed by atoms with Crippen molar-refractivity contribution in [1.29, 1.82) is 0 Å². The average Bonchev–Trinajstić information content (AvgIpc) is 1.60. The van der Waals surface area contributed by atoms with Gasteiger partial charge in [0, 0.05) is 77.9 Å². The van der Waals surface area contributed by atoms with E-state index in [-0.39, 0.29) is 10.8 Å².